The molecule has 1 aliphatic carbocycles. The zero-order chi connectivity index (χ0) is 11.1. The van der Waals surface area contributed by atoms with Crippen molar-refractivity contribution in [3.8, 4) is 0 Å². The van der Waals surface area contributed by atoms with E-state index < -0.39 is 0 Å². The molecule has 2 atom stereocenters. The minimum atomic E-state index is 0.654. The summed E-state index contributed by atoms with van der Waals surface area (Å²) in [6.45, 7) is 8.34. The number of likely N-dealkylation sites (N-methyl/N-ethyl adjacent to an activating group) is 1. The lowest BCUT2D eigenvalue weighted by molar-refractivity contribution is -0.905. The highest BCUT2D eigenvalue weighted by molar-refractivity contribution is 6.29. The topological polar surface area (TPSA) is 0 Å². The van der Waals surface area contributed by atoms with Gasteiger partial charge in [-0.25, -0.2) is 0 Å². The van der Waals surface area contributed by atoms with Crippen LogP contribution in [0.4, 0.5) is 0 Å². The predicted molar refractivity (Wildman–Crippen MR) is 65.8 cm³/mol. The number of hydrogen-bond acceptors (Lipinski definition) is 0. The monoisotopic (exact) mass is 226 g/mol. The molecule has 2 rings (SSSR count). The zero-order valence-corrected chi connectivity index (χ0v) is 10.8. The van der Waals surface area contributed by atoms with Crippen LogP contribution in [0.15, 0.2) is 22.3 Å². The maximum Gasteiger partial charge on any atom is 0.101 e. The van der Waals surface area contributed by atoms with E-state index in [1.54, 1.807) is 5.57 Å². The number of quaternary nitrogens is 1. The lowest BCUT2D eigenvalue weighted by Gasteiger charge is -2.41. The van der Waals surface area contributed by atoms with Crippen molar-refractivity contribution >= 4 is 11.6 Å². The van der Waals surface area contributed by atoms with Crippen molar-refractivity contribution in [2.24, 2.45) is 5.92 Å². The molecular weight excluding hydrogens is 206 g/mol. The Hall–Kier alpha value is -0.270. The third kappa shape index (κ3) is 2.14. The van der Waals surface area contributed by atoms with Gasteiger partial charge in [0.15, 0.2) is 0 Å². The molecule has 1 heterocycles. The smallest absolute Gasteiger partial charge is 0.101 e. The van der Waals surface area contributed by atoms with E-state index in [0.29, 0.717) is 5.92 Å². The third-order valence-electron chi connectivity index (χ3n) is 4.08. The molecule has 0 amide bonds. The van der Waals surface area contributed by atoms with Gasteiger partial charge in [0.1, 0.15) is 6.54 Å². The first-order valence-corrected chi connectivity index (χ1v) is 6.33. The fraction of sp³-hybridized carbons (Fsp3) is 0.692. The van der Waals surface area contributed by atoms with Crippen LogP contribution in [0.3, 0.4) is 0 Å². The van der Waals surface area contributed by atoms with E-state index in [1.807, 2.05) is 0 Å². The summed E-state index contributed by atoms with van der Waals surface area (Å²) >= 11 is 6.16. The van der Waals surface area contributed by atoms with Crippen LogP contribution >= 0.6 is 11.6 Å². The number of rotatable bonds is 1. The first kappa shape index (κ1) is 11.2. The third-order valence-corrected chi connectivity index (χ3v) is 4.34. The average molecular weight is 227 g/mol. The molecule has 2 unspecified atom stereocenters. The second-order valence-electron chi connectivity index (χ2n) is 5.31. The van der Waals surface area contributed by atoms with Crippen LogP contribution in [0.2, 0.25) is 0 Å². The molecule has 1 aliphatic heterocycles. The number of halogens is 1. The maximum absolute atomic E-state index is 6.16. The van der Waals surface area contributed by atoms with Crippen molar-refractivity contribution in [2.45, 2.75) is 26.7 Å². The predicted octanol–water partition coefficient (Wildman–Crippen LogP) is 3.32. The van der Waals surface area contributed by atoms with Crippen LogP contribution in [0, 0.1) is 5.92 Å². The molecule has 0 radical (unpaired) electrons. The molecule has 0 aromatic carbocycles. The summed E-state index contributed by atoms with van der Waals surface area (Å²) < 4.78 is 1.20. The number of nitrogens with zero attached hydrogens (tertiary/aromatic N) is 1. The highest BCUT2D eigenvalue weighted by Gasteiger charge is 2.32. The molecule has 0 aromatic heterocycles. The van der Waals surface area contributed by atoms with E-state index in [-0.39, 0.29) is 0 Å². The molecule has 0 saturated carbocycles. The maximum atomic E-state index is 6.16. The molecule has 0 fully saturated rings. The van der Waals surface area contributed by atoms with E-state index in [0.717, 1.165) is 11.5 Å². The van der Waals surface area contributed by atoms with Crippen LogP contribution < -0.4 is 0 Å². The van der Waals surface area contributed by atoms with Crippen molar-refractivity contribution in [3.05, 3.63) is 22.3 Å². The highest BCUT2D eigenvalue weighted by atomic mass is 35.5. The average Bonchev–Trinajstić information content (AvgIpc) is 2.20. The summed E-state index contributed by atoms with van der Waals surface area (Å²) in [6.07, 6.45) is 4.47. The number of hydrogen-bond donors (Lipinski definition) is 0. The summed E-state index contributed by atoms with van der Waals surface area (Å²) in [7, 11) is 2.37. The van der Waals surface area contributed by atoms with Gasteiger partial charge in [0, 0.05) is 11.5 Å². The highest BCUT2D eigenvalue weighted by Crippen LogP contribution is 2.36. The molecule has 15 heavy (non-hydrogen) atoms. The minimum absolute atomic E-state index is 0.654. The van der Waals surface area contributed by atoms with Gasteiger partial charge < -0.3 is 4.48 Å². The van der Waals surface area contributed by atoms with Crippen molar-refractivity contribution < 1.29 is 4.48 Å². The largest absolute Gasteiger partial charge is 0.322 e. The molecule has 0 N–H and O–H groups in total. The summed E-state index contributed by atoms with van der Waals surface area (Å²) in [6, 6.07) is 0. The SMILES string of the molecule is CC[N+]1(C)CCC2=C(C1)C(C)CC(Cl)=C2. The van der Waals surface area contributed by atoms with E-state index in [4.69, 9.17) is 11.6 Å². The van der Waals surface area contributed by atoms with Gasteiger partial charge in [0.25, 0.3) is 0 Å². The molecule has 0 spiro atoms. The zero-order valence-electron chi connectivity index (χ0n) is 10.0. The van der Waals surface area contributed by atoms with Crippen molar-refractivity contribution in [3.63, 3.8) is 0 Å². The molecule has 84 valence electrons. The standard InChI is InChI=1S/C13H21ClN/c1-4-15(3)6-5-11-8-12(14)7-10(2)13(11)9-15/h8,10H,4-7,9H2,1-3H3/q+1. The lowest BCUT2D eigenvalue weighted by atomic mass is 9.83. The van der Waals surface area contributed by atoms with Gasteiger partial charge in [-0.05, 0) is 36.5 Å². The van der Waals surface area contributed by atoms with Crippen molar-refractivity contribution in [1.82, 2.24) is 0 Å². The van der Waals surface area contributed by atoms with Crippen molar-refractivity contribution in [2.75, 3.05) is 26.7 Å². The Morgan fingerprint density at radius 3 is 2.93 bits per heavy atom. The Balaban J connectivity index is 2.28. The fourth-order valence-corrected chi connectivity index (χ4v) is 3.08. The van der Waals surface area contributed by atoms with Gasteiger partial charge in [-0.1, -0.05) is 18.5 Å². The van der Waals surface area contributed by atoms with Gasteiger partial charge >= 0.3 is 0 Å². The fourth-order valence-electron chi connectivity index (χ4n) is 2.71. The quantitative estimate of drug-likeness (QED) is 0.602. The van der Waals surface area contributed by atoms with Crippen LogP contribution in [-0.2, 0) is 0 Å². The Morgan fingerprint density at radius 1 is 1.53 bits per heavy atom. The van der Waals surface area contributed by atoms with Crippen LogP contribution in [0.25, 0.3) is 0 Å². The van der Waals surface area contributed by atoms with Gasteiger partial charge in [0.2, 0.25) is 0 Å². The second kappa shape index (κ2) is 3.95. The molecular formula is C13H21ClN+. The molecule has 2 heteroatoms. The molecule has 1 nitrogen and oxygen atoms in total. The van der Waals surface area contributed by atoms with E-state index in [1.165, 1.54) is 36.1 Å². The van der Waals surface area contributed by atoms with E-state index >= 15 is 0 Å². The second-order valence-corrected chi connectivity index (χ2v) is 5.80. The normalized spacial score (nSPS) is 36.3. The van der Waals surface area contributed by atoms with E-state index in [2.05, 4.69) is 27.0 Å². The Bertz CT molecular complexity index is 329. The summed E-state index contributed by atoms with van der Waals surface area (Å²) in [5, 5.41) is 1.05. The summed E-state index contributed by atoms with van der Waals surface area (Å²) in [5.74, 6) is 0.654. The molecule has 0 saturated heterocycles. The Kier molecular flexibility index (Phi) is 2.96. The first-order valence-electron chi connectivity index (χ1n) is 5.95. The van der Waals surface area contributed by atoms with E-state index in [9.17, 15) is 0 Å². The van der Waals surface area contributed by atoms with Crippen LogP contribution in [0.5, 0.6) is 0 Å². The Morgan fingerprint density at radius 2 is 2.27 bits per heavy atom. The van der Waals surface area contributed by atoms with Gasteiger partial charge in [0.05, 0.1) is 20.1 Å². The summed E-state index contributed by atoms with van der Waals surface area (Å²) in [4.78, 5) is 0. The summed E-state index contributed by atoms with van der Waals surface area (Å²) in [5.41, 5.74) is 3.19. The van der Waals surface area contributed by atoms with Crippen molar-refractivity contribution in [1.29, 1.82) is 0 Å². The first-order chi connectivity index (χ1) is 7.04. The van der Waals surface area contributed by atoms with Gasteiger partial charge in [-0.15, -0.1) is 0 Å². The number of allylic oxidation sites excluding steroid dienone is 2. The van der Waals surface area contributed by atoms with Crippen LogP contribution in [0.1, 0.15) is 26.7 Å². The van der Waals surface area contributed by atoms with Gasteiger partial charge in [-0.3, -0.25) is 0 Å². The molecule has 2 aliphatic rings. The van der Waals surface area contributed by atoms with Gasteiger partial charge in [-0.2, -0.15) is 0 Å². The minimum Gasteiger partial charge on any atom is -0.322 e. The molecule has 0 bridgehead atoms. The molecule has 0 aromatic rings. The Labute approximate surface area is 98.0 Å². The van der Waals surface area contributed by atoms with Crippen LogP contribution in [-0.4, -0.2) is 31.2 Å². The lowest BCUT2D eigenvalue weighted by Crippen LogP contribution is -2.49.